The lowest BCUT2D eigenvalue weighted by atomic mass is 9.93. The normalized spacial score (nSPS) is 11.4. The van der Waals surface area contributed by atoms with Crippen molar-refractivity contribution in [2.75, 3.05) is 0 Å². The number of para-hydroxylation sites is 1. The first-order valence-corrected chi connectivity index (χ1v) is 11.6. The van der Waals surface area contributed by atoms with Gasteiger partial charge >= 0.3 is 0 Å². The quantitative estimate of drug-likeness (QED) is 0.274. The third-order valence-electron chi connectivity index (χ3n) is 6.55. The molecule has 0 saturated carbocycles. The molecule has 2 nitrogen and oxygen atoms in total. The van der Waals surface area contributed by atoms with Crippen molar-refractivity contribution >= 4 is 43.7 Å². The predicted molar refractivity (Wildman–Crippen MR) is 139 cm³/mol. The maximum atomic E-state index is 6.17. The van der Waals surface area contributed by atoms with E-state index in [0.717, 1.165) is 17.6 Å². The Balaban J connectivity index is 0.00000105. The van der Waals surface area contributed by atoms with Gasteiger partial charge in [-0.15, -0.1) is 0 Å². The standard InChI is InChI=1S/C28H23NO.C2H6/c1-4-18-13-22-23-16-28-24(20-11-7-8-12-27(20)30-28)15-26(23)29(3)25(22)14-21(18)19-10-6-5-9-17(19)2;1-2/h5-16H,4H2,1-3H3;1-2H3. The molecule has 0 saturated heterocycles. The number of hydrogen-bond acceptors (Lipinski definition) is 1. The van der Waals surface area contributed by atoms with Crippen LogP contribution in [0.2, 0.25) is 0 Å². The van der Waals surface area contributed by atoms with Crippen LogP contribution in [-0.4, -0.2) is 4.57 Å². The number of aryl methyl sites for hydroxylation is 3. The Hall–Kier alpha value is -3.52. The molecule has 6 rings (SSSR count). The van der Waals surface area contributed by atoms with Gasteiger partial charge in [-0.1, -0.05) is 63.2 Å². The molecule has 2 heteroatoms. The minimum absolute atomic E-state index is 0.947. The van der Waals surface area contributed by atoms with Crippen molar-refractivity contribution in [3.8, 4) is 11.1 Å². The number of rotatable bonds is 2. The first-order valence-electron chi connectivity index (χ1n) is 11.6. The Kier molecular flexibility index (Phi) is 5.01. The summed E-state index contributed by atoms with van der Waals surface area (Å²) in [7, 11) is 2.17. The first-order chi connectivity index (χ1) is 15.7. The van der Waals surface area contributed by atoms with Gasteiger partial charge in [0.25, 0.3) is 0 Å². The van der Waals surface area contributed by atoms with Crippen molar-refractivity contribution in [2.24, 2.45) is 7.05 Å². The van der Waals surface area contributed by atoms with E-state index in [1.165, 1.54) is 54.8 Å². The average molecular weight is 420 g/mol. The van der Waals surface area contributed by atoms with E-state index in [0.29, 0.717) is 0 Å². The summed E-state index contributed by atoms with van der Waals surface area (Å²) in [5, 5.41) is 4.91. The maximum Gasteiger partial charge on any atom is 0.136 e. The van der Waals surface area contributed by atoms with Crippen LogP contribution in [0, 0.1) is 6.92 Å². The molecule has 0 radical (unpaired) electrons. The zero-order valence-electron chi connectivity index (χ0n) is 19.5. The molecule has 0 N–H and O–H groups in total. The summed E-state index contributed by atoms with van der Waals surface area (Å²) in [6.07, 6.45) is 1.00. The Bertz CT molecular complexity index is 1600. The summed E-state index contributed by atoms with van der Waals surface area (Å²) in [5.41, 5.74) is 9.76. The zero-order chi connectivity index (χ0) is 22.4. The van der Waals surface area contributed by atoms with Gasteiger partial charge in [0.15, 0.2) is 0 Å². The lowest BCUT2D eigenvalue weighted by molar-refractivity contribution is 0.669. The predicted octanol–water partition coefficient (Wildman–Crippen LogP) is 8.79. The van der Waals surface area contributed by atoms with Crippen LogP contribution < -0.4 is 0 Å². The first kappa shape index (κ1) is 20.4. The van der Waals surface area contributed by atoms with Gasteiger partial charge in [-0.3, -0.25) is 0 Å². The van der Waals surface area contributed by atoms with Crippen LogP contribution in [0.3, 0.4) is 0 Å². The summed E-state index contributed by atoms with van der Waals surface area (Å²) in [4.78, 5) is 0. The summed E-state index contributed by atoms with van der Waals surface area (Å²) in [6, 6.07) is 26.2. The summed E-state index contributed by atoms with van der Waals surface area (Å²) in [6.45, 7) is 8.44. The molecule has 0 aliphatic carbocycles. The molecule has 2 aromatic heterocycles. The monoisotopic (exact) mass is 419 g/mol. The van der Waals surface area contributed by atoms with Crippen LogP contribution in [0.4, 0.5) is 0 Å². The topological polar surface area (TPSA) is 18.1 Å². The molecule has 160 valence electrons. The van der Waals surface area contributed by atoms with Crippen LogP contribution >= 0.6 is 0 Å². The van der Waals surface area contributed by atoms with Crippen molar-refractivity contribution in [1.82, 2.24) is 4.57 Å². The molecule has 2 heterocycles. The van der Waals surface area contributed by atoms with E-state index in [4.69, 9.17) is 4.42 Å². The average Bonchev–Trinajstić information content (AvgIpc) is 3.33. The highest BCUT2D eigenvalue weighted by Crippen LogP contribution is 2.39. The highest BCUT2D eigenvalue weighted by molar-refractivity contribution is 6.17. The fourth-order valence-corrected chi connectivity index (χ4v) is 4.93. The van der Waals surface area contributed by atoms with E-state index in [1.54, 1.807) is 0 Å². The number of benzene rings is 4. The maximum absolute atomic E-state index is 6.17. The van der Waals surface area contributed by atoms with Crippen LogP contribution in [0.15, 0.2) is 77.2 Å². The van der Waals surface area contributed by atoms with Crippen LogP contribution in [-0.2, 0) is 13.5 Å². The third kappa shape index (κ3) is 2.94. The highest BCUT2D eigenvalue weighted by atomic mass is 16.3. The van der Waals surface area contributed by atoms with Gasteiger partial charge in [-0.25, -0.2) is 0 Å². The lowest BCUT2D eigenvalue weighted by Gasteiger charge is -2.12. The minimum Gasteiger partial charge on any atom is -0.456 e. The third-order valence-corrected chi connectivity index (χ3v) is 6.55. The van der Waals surface area contributed by atoms with Crippen LogP contribution in [0.5, 0.6) is 0 Å². The van der Waals surface area contributed by atoms with E-state index in [1.807, 2.05) is 26.0 Å². The number of aromatic nitrogens is 1. The zero-order valence-corrected chi connectivity index (χ0v) is 19.5. The fraction of sp³-hybridized carbons (Fsp3) is 0.200. The van der Waals surface area contributed by atoms with Gasteiger partial charge < -0.3 is 8.98 Å². The van der Waals surface area contributed by atoms with Gasteiger partial charge in [0.05, 0.1) is 0 Å². The van der Waals surface area contributed by atoms with E-state index < -0.39 is 0 Å². The molecule has 0 unspecified atom stereocenters. The van der Waals surface area contributed by atoms with Crippen molar-refractivity contribution in [3.63, 3.8) is 0 Å². The Morgan fingerprint density at radius 1 is 0.688 bits per heavy atom. The fourth-order valence-electron chi connectivity index (χ4n) is 4.93. The van der Waals surface area contributed by atoms with Crippen molar-refractivity contribution in [1.29, 1.82) is 0 Å². The number of fused-ring (bicyclic) bond motifs is 6. The summed E-state index contributed by atoms with van der Waals surface area (Å²) < 4.78 is 8.50. The van der Waals surface area contributed by atoms with Crippen LogP contribution in [0.25, 0.3) is 54.9 Å². The van der Waals surface area contributed by atoms with Crippen LogP contribution in [0.1, 0.15) is 31.9 Å². The molecule has 0 bridgehead atoms. The second kappa shape index (κ2) is 7.87. The van der Waals surface area contributed by atoms with E-state index in [9.17, 15) is 0 Å². The molecule has 0 aliphatic heterocycles. The molecule has 0 amide bonds. The number of nitrogens with zero attached hydrogens (tertiary/aromatic N) is 1. The van der Waals surface area contributed by atoms with E-state index in [2.05, 4.69) is 86.1 Å². The smallest absolute Gasteiger partial charge is 0.136 e. The SMILES string of the molecule is CC.CCc1cc2c3cc4oc5ccccc5c4cc3n(C)c2cc1-c1ccccc1C. The van der Waals surface area contributed by atoms with Gasteiger partial charge in [0, 0.05) is 39.6 Å². The second-order valence-electron chi connectivity index (χ2n) is 8.22. The molecule has 4 aromatic carbocycles. The van der Waals surface area contributed by atoms with E-state index in [-0.39, 0.29) is 0 Å². The molecule has 32 heavy (non-hydrogen) atoms. The molecular formula is C30H29NO. The molecule has 0 spiro atoms. The summed E-state index contributed by atoms with van der Waals surface area (Å²) in [5.74, 6) is 0. The summed E-state index contributed by atoms with van der Waals surface area (Å²) >= 11 is 0. The van der Waals surface area contributed by atoms with Gasteiger partial charge in [0.2, 0.25) is 0 Å². The van der Waals surface area contributed by atoms with Gasteiger partial charge in [0.1, 0.15) is 11.2 Å². The second-order valence-corrected chi connectivity index (χ2v) is 8.22. The minimum atomic E-state index is 0.947. The highest BCUT2D eigenvalue weighted by Gasteiger charge is 2.16. The van der Waals surface area contributed by atoms with Crippen molar-refractivity contribution in [3.05, 3.63) is 83.9 Å². The van der Waals surface area contributed by atoms with Gasteiger partial charge in [-0.05, 0) is 65.9 Å². The van der Waals surface area contributed by atoms with E-state index >= 15 is 0 Å². The van der Waals surface area contributed by atoms with Crippen molar-refractivity contribution in [2.45, 2.75) is 34.1 Å². The Labute approximate surface area is 189 Å². The largest absolute Gasteiger partial charge is 0.456 e. The molecule has 0 fully saturated rings. The number of furan rings is 1. The molecule has 6 aromatic rings. The van der Waals surface area contributed by atoms with Gasteiger partial charge in [-0.2, -0.15) is 0 Å². The Morgan fingerprint density at radius 2 is 1.38 bits per heavy atom. The Morgan fingerprint density at radius 3 is 2.16 bits per heavy atom. The van der Waals surface area contributed by atoms with Crippen molar-refractivity contribution < 1.29 is 4.42 Å². The molecular weight excluding hydrogens is 390 g/mol. The molecule has 0 atom stereocenters. The number of hydrogen-bond donors (Lipinski definition) is 0. The lowest BCUT2D eigenvalue weighted by Crippen LogP contribution is -1.93. The molecule has 0 aliphatic rings.